The largest absolute Gasteiger partial charge is 0.468 e. The molecule has 98 valence electrons. The molecule has 0 fully saturated rings. The molecule has 0 saturated heterocycles. The molecular weight excluding hydrogens is 325 g/mol. The standard InChI is InChI=1S/C11H11BrClNO4/c1-6-3-10(14(16)17)9(13)5-7(6)4-8(12)11(15)18-2/h3,5,8H,4H2,1-2H3. The molecular formula is C11H11BrClNO4. The Morgan fingerprint density at radius 3 is 2.72 bits per heavy atom. The summed E-state index contributed by atoms with van der Waals surface area (Å²) in [5.41, 5.74) is 1.33. The van der Waals surface area contributed by atoms with E-state index in [2.05, 4.69) is 20.7 Å². The van der Waals surface area contributed by atoms with Crippen molar-refractivity contribution in [3.63, 3.8) is 0 Å². The van der Waals surface area contributed by atoms with Gasteiger partial charge in [-0.3, -0.25) is 14.9 Å². The predicted octanol–water partition coefficient (Wildman–Crippen LogP) is 3.04. The molecule has 0 aliphatic carbocycles. The zero-order valence-corrected chi connectivity index (χ0v) is 12.1. The number of carbonyl (C=O) groups is 1. The van der Waals surface area contributed by atoms with Crippen LogP contribution in [0.1, 0.15) is 11.1 Å². The maximum atomic E-state index is 11.3. The topological polar surface area (TPSA) is 69.4 Å². The SMILES string of the molecule is COC(=O)C(Br)Cc1cc(Cl)c([N+](=O)[O-])cc1C. The van der Waals surface area contributed by atoms with Crippen molar-refractivity contribution in [3.05, 3.63) is 38.4 Å². The quantitative estimate of drug-likeness (QED) is 0.367. The van der Waals surface area contributed by atoms with Crippen molar-refractivity contribution >= 4 is 39.2 Å². The van der Waals surface area contributed by atoms with Crippen LogP contribution >= 0.6 is 27.5 Å². The Morgan fingerprint density at radius 2 is 2.22 bits per heavy atom. The average molecular weight is 337 g/mol. The molecule has 5 nitrogen and oxygen atoms in total. The number of ether oxygens (including phenoxy) is 1. The number of benzene rings is 1. The van der Waals surface area contributed by atoms with Gasteiger partial charge >= 0.3 is 5.97 Å². The summed E-state index contributed by atoms with van der Waals surface area (Å²) >= 11 is 9.01. The van der Waals surface area contributed by atoms with E-state index in [9.17, 15) is 14.9 Å². The van der Waals surface area contributed by atoms with Gasteiger partial charge in [0, 0.05) is 6.07 Å². The summed E-state index contributed by atoms with van der Waals surface area (Å²) in [6.07, 6.45) is 0.357. The normalized spacial score (nSPS) is 12.0. The van der Waals surface area contributed by atoms with Crippen LogP contribution in [0.15, 0.2) is 12.1 Å². The second-order valence-electron chi connectivity index (χ2n) is 3.68. The minimum atomic E-state index is -0.537. The average Bonchev–Trinajstić information content (AvgIpc) is 2.31. The molecule has 1 aromatic rings. The van der Waals surface area contributed by atoms with E-state index in [-0.39, 0.29) is 10.7 Å². The first-order valence-electron chi connectivity index (χ1n) is 5.02. The number of nitrogens with zero attached hydrogens (tertiary/aromatic N) is 1. The third kappa shape index (κ3) is 3.43. The first-order valence-corrected chi connectivity index (χ1v) is 6.31. The van der Waals surface area contributed by atoms with Crippen molar-refractivity contribution < 1.29 is 14.5 Å². The fraction of sp³-hybridized carbons (Fsp3) is 0.364. The molecule has 1 aromatic carbocycles. The summed E-state index contributed by atoms with van der Waals surface area (Å²) in [5, 5.41) is 10.8. The number of esters is 1. The highest BCUT2D eigenvalue weighted by Gasteiger charge is 2.20. The lowest BCUT2D eigenvalue weighted by Crippen LogP contribution is -2.18. The lowest BCUT2D eigenvalue weighted by Gasteiger charge is -2.10. The number of carbonyl (C=O) groups excluding carboxylic acids is 1. The number of halogens is 2. The third-order valence-corrected chi connectivity index (χ3v) is 3.46. The summed E-state index contributed by atoms with van der Waals surface area (Å²) in [4.78, 5) is 20.9. The number of aryl methyl sites for hydroxylation is 1. The number of rotatable bonds is 4. The van der Waals surface area contributed by atoms with Gasteiger partial charge in [0.2, 0.25) is 0 Å². The number of methoxy groups -OCH3 is 1. The van der Waals surface area contributed by atoms with Crippen molar-refractivity contribution in [2.75, 3.05) is 7.11 Å². The smallest absolute Gasteiger partial charge is 0.319 e. The van der Waals surface area contributed by atoms with E-state index < -0.39 is 15.7 Å². The lowest BCUT2D eigenvalue weighted by molar-refractivity contribution is -0.384. The van der Waals surface area contributed by atoms with Crippen LogP contribution < -0.4 is 0 Å². The summed E-state index contributed by atoms with van der Waals surface area (Å²) < 4.78 is 4.59. The Hall–Kier alpha value is -1.14. The van der Waals surface area contributed by atoms with Crippen LogP contribution in [0.25, 0.3) is 0 Å². The molecule has 0 aliphatic rings. The van der Waals surface area contributed by atoms with Crippen LogP contribution in [0, 0.1) is 17.0 Å². The van der Waals surface area contributed by atoms with Crippen molar-refractivity contribution in [2.45, 2.75) is 18.2 Å². The van der Waals surface area contributed by atoms with Crippen LogP contribution in [-0.4, -0.2) is 22.8 Å². The maximum absolute atomic E-state index is 11.3. The van der Waals surface area contributed by atoms with Gasteiger partial charge in [0.25, 0.3) is 5.69 Å². The van der Waals surface area contributed by atoms with Gasteiger partial charge in [0.1, 0.15) is 9.85 Å². The van der Waals surface area contributed by atoms with E-state index >= 15 is 0 Å². The van der Waals surface area contributed by atoms with E-state index in [0.717, 1.165) is 5.56 Å². The molecule has 0 spiro atoms. The van der Waals surface area contributed by atoms with Gasteiger partial charge in [0.15, 0.2) is 0 Å². The Bertz CT molecular complexity index is 492. The summed E-state index contributed by atoms with van der Waals surface area (Å²) in [5.74, 6) is -0.399. The van der Waals surface area contributed by atoms with Gasteiger partial charge < -0.3 is 4.74 Å². The molecule has 0 bridgehead atoms. The summed E-state index contributed by atoms with van der Waals surface area (Å²) in [7, 11) is 1.30. The Balaban J connectivity index is 3.02. The van der Waals surface area contributed by atoms with Crippen LogP contribution in [0.5, 0.6) is 0 Å². The number of hydrogen-bond donors (Lipinski definition) is 0. The van der Waals surface area contributed by atoms with Gasteiger partial charge in [0.05, 0.1) is 12.0 Å². The number of nitro groups is 1. The molecule has 0 aromatic heterocycles. The molecule has 0 heterocycles. The highest BCUT2D eigenvalue weighted by Crippen LogP contribution is 2.29. The third-order valence-electron chi connectivity index (χ3n) is 2.46. The van der Waals surface area contributed by atoms with Crippen molar-refractivity contribution in [3.8, 4) is 0 Å². The first kappa shape index (κ1) is 14.9. The molecule has 1 rings (SSSR count). The molecule has 0 aliphatic heterocycles. The number of alkyl halides is 1. The molecule has 7 heteroatoms. The molecule has 0 amide bonds. The highest BCUT2D eigenvalue weighted by atomic mass is 79.9. The van der Waals surface area contributed by atoms with Gasteiger partial charge in [-0.1, -0.05) is 27.5 Å². The van der Waals surface area contributed by atoms with Gasteiger partial charge in [-0.2, -0.15) is 0 Å². The number of nitro benzene ring substituents is 1. The molecule has 0 radical (unpaired) electrons. The first-order chi connectivity index (χ1) is 8.36. The van der Waals surface area contributed by atoms with E-state index in [0.29, 0.717) is 12.0 Å². The highest BCUT2D eigenvalue weighted by molar-refractivity contribution is 9.10. The zero-order chi connectivity index (χ0) is 13.9. The Morgan fingerprint density at radius 1 is 1.61 bits per heavy atom. The molecule has 18 heavy (non-hydrogen) atoms. The van der Waals surface area contributed by atoms with Gasteiger partial charge in [-0.05, 0) is 30.5 Å². The second kappa shape index (κ2) is 6.15. The summed E-state index contributed by atoms with van der Waals surface area (Å²) in [6.45, 7) is 1.73. The lowest BCUT2D eigenvalue weighted by atomic mass is 10.0. The number of hydrogen-bond acceptors (Lipinski definition) is 4. The van der Waals surface area contributed by atoms with E-state index in [1.807, 2.05) is 0 Å². The van der Waals surface area contributed by atoms with Crippen LogP contribution in [0.2, 0.25) is 5.02 Å². The van der Waals surface area contributed by atoms with Crippen molar-refractivity contribution in [1.29, 1.82) is 0 Å². The molecule has 1 unspecified atom stereocenters. The zero-order valence-electron chi connectivity index (χ0n) is 9.78. The fourth-order valence-electron chi connectivity index (χ4n) is 1.47. The van der Waals surface area contributed by atoms with Gasteiger partial charge in [-0.25, -0.2) is 0 Å². The summed E-state index contributed by atoms with van der Waals surface area (Å²) in [6, 6.07) is 2.90. The second-order valence-corrected chi connectivity index (χ2v) is 5.19. The fourth-order valence-corrected chi connectivity index (χ4v) is 2.26. The van der Waals surface area contributed by atoms with Crippen LogP contribution in [0.4, 0.5) is 5.69 Å². The van der Waals surface area contributed by atoms with Crippen molar-refractivity contribution in [2.24, 2.45) is 0 Å². The maximum Gasteiger partial charge on any atom is 0.319 e. The van der Waals surface area contributed by atoms with E-state index in [1.54, 1.807) is 6.92 Å². The Labute approximate surface area is 117 Å². The molecule has 0 N–H and O–H groups in total. The minimum Gasteiger partial charge on any atom is -0.468 e. The van der Waals surface area contributed by atoms with Crippen LogP contribution in [0.3, 0.4) is 0 Å². The Kier molecular flexibility index (Phi) is 5.10. The minimum absolute atomic E-state index is 0.0603. The van der Waals surface area contributed by atoms with E-state index in [4.69, 9.17) is 11.6 Å². The van der Waals surface area contributed by atoms with E-state index in [1.165, 1.54) is 19.2 Å². The predicted molar refractivity (Wildman–Crippen MR) is 71.3 cm³/mol. The van der Waals surface area contributed by atoms with Crippen molar-refractivity contribution in [1.82, 2.24) is 0 Å². The molecule has 0 saturated carbocycles. The monoisotopic (exact) mass is 335 g/mol. The van der Waals surface area contributed by atoms with Crippen LogP contribution in [-0.2, 0) is 16.0 Å². The van der Waals surface area contributed by atoms with Gasteiger partial charge in [-0.15, -0.1) is 0 Å². The molecule has 1 atom stereocenters.